The number of benzene rings is 1. The van der Waals surface area contributed by atoms with Gasteiger partial charge in [0.25, 0.3) is 0 Å². The topological polar surface area (TPSA) is 47.9 Å². The molecule has 0 aromatic heterocycles. The SMILES string of the molecule is CC(C)CCC(O)COc1ccc(OCCOCC2CCC2)cc1. The third-order valence-electron chi connectivity index (χ3n) is 4.42. The molecule has 1 aromatic rings. The lowest BCUT2D eigenvalue weighted by Gasteiger charge is -2.24. The lowest BCUT2D eigenvalue weighted by atomic mass is 9.86. The van der Waals surface area contributed by atoms with Gasteiger partial charge in [-0.05, 0) is 61.8 Å². The monoisotopic (exact) mass is 336 g/mol. The minimum absolute atomic E-state index is 0.335. The van der Waals surface area contributed by atoms with Gasteiger partial charge in [-0.2, -0.15) is 0 Å². The van der Waals surface area contributed by atoms with Crippen LogP contribution in [0.3, 0.4) is 0 Å². The van der Waals surface area contributed by atoms with Crippen molar-refractivity contribution < 1.29 is 19.3 Å². The standard InChI is InChI=1S/C20H32O4/c1-16(2)6-7-18(21)15-24-20-10-8-19(9-11-20)23-13-12-22-14-17-4-3-5-17/h8-11,16-18,21H,3-7,12-15H2,1-2H3. The zero-order valence-electron chi connectivity index (χ0n) is 15.1. The summed E-state index contributed by atoms with van der Waals surface area (Å²) in [5.74, 6) is 2.95. The van der Waals surface area contributed by atoms with E-state index in [0.717, 1.165) is 36.9 Å². The predicted octanol–water partition coefficient (Wildman–Crippen LogP) is 4.06. The van der Waals surface area contributed by atoms with Crippen LogP contribution in [0, 0.1) is 11.8 Å². The molecule has 1 atom stereocenters. The molecule has 1 aliphatic rings. The molecule has 0 bridgehead atoms. The van der Waals surface area contributed by atoms with Crippen LogP contribution in [0.4, 0.5) is 0 Å². The van der Waals surface area contributed by atoms with Crippen LogP contribution < -0.4 is 9.47 Å². The molecule has 1 N–H and O–H groups in total. The maximum Gasteiger partial charge on any atom is 0.119 e. The van der Waals surface area contributed by atoms with Gasteiger partial charge in [-0.1, -0.05) is 20.3 Å². The molecular formula is C20H32O4. The lowest BCUT2D eigenvalue weighted by Crippen LogP contribution is -2.19. The van der Waals surface area contributed by atoms with Crippen molar-refractivity contribution in [2.45, 2.75) is 52.1 Å². The average Bonchev–Trinajstić information content (AvgIpc) is 2.53. The summed E-state index contributed by atoms with van der Waals surface area (Å²) in [5, 5.41) is 9.88. The quantitative estimate of drug-likeness (QED) is 0.585. The molecule has 1 unspecified atom stereocenters. The number of rotatable bonds is 12. The van der Waals surface area contributed by atoms with E-state index >= 15 is 0 Å². The fourth-order valence-electron chi connectivity index (χ4n) is 2.56. The minimum Gasteiger partial charge on any atom is -0.491 e. The third kappa shape index (κ3) is 7.54. The van der Waals surface area contributed by atoms with Crippen molar-refractivity contribution in [1.82, 2.24) is 0 Å². The predicted molar refractivity (Wildman–Crippen MR) is 95.7 cm³/mol. The Kier molecular flexibility index (Phi) is 8.40. The number of hydrogen-bond acceptors (Lipinski definition) is 4. The molecule has 0 aliphatic heterocycles. The second-order valence-corrected chi connectivity index (χ2v) is 7.13. The summed E-state index contributed by atoms with van der Waals surface area (Å²) in [6, 6.07) is 7.53. The number of aliphatic hydroxyl groups is 1. The van der Waals surface area contributed by atoms with Crippen molar-refractivity contribution in [1.29, 1.82) is 0 Å². The maximum absolute atomic E-state index is 9.88. The highest BCUT2D eigenvalue weighted by atomic mass is 16.5. The molecule has 0 amide bonds. The molecule has 136 valence electrons. The highest BCUT2D eigenvalue weighted by Gasteiger charge is 2.16. The summed E-state index contributed by atoms with van der Waals surface area (Å²) in [6.07, 6.45) is 5.37. The molecule has 24 heavy (non-hydrogen) atoms. The van der Waals surface area contributed by atoms with Crippen LogP contribution in [0.1, 0.15) is 46.0 Å². The van der Waals surface area contributed by atoms with Gasteiger partial charge in [0.1, 0.15) is 24.7 Å². The van der Waals surface area contributed by atoms with Gasteiger partial charge in [0.15, 0.2) is 0 Å². The summed E-state index contributed by atoms with van der Waals surface area (Å²) >= 11 is 0. The van der Waals surface area contributed by atoms with Gasteiger partial charge in [0.2, 0.25) is 0 Å². The molecule has 4 heteroatoms. The van der Waals surface area contributed by atoms with Gasteiger partial charge in [-0.3, -0.25) is 0 Å². The smallest absolute Gasteiger partial charge is 0.119 e. The van der Waals surface area contributed by atoms with Gasteiger partial charge in [-0.15, -0.1) is 0 Å². The van der Waals surface area contributed by atoms with Gasteiger partial charge in [0, 0.05) is 6.61 Å². The summed E-state index contributed by atoms with van der Waals surface area (Å²) in [5.41, 5.74) is 0. The highest BCUT2D eigenvalue weighted by Crippen LogP contribution is 2.26. The van der Waals surface area contributed by atoms with E-state index in [-0.39, 0.29) is 0 Å². The number of ether oxygens (including phenoxy) is 3. The second-order valence-electron chi connectivity index (χ2n) is 7.13. The van der Waals surface area contributed by atoms with Crippen LogP contribution in [0.15, 0.2) is 24.3 Å². The first kappa shape index (κ1) is 19.1. The van der Waals surface area contributed by atoms with Crippen LogP contribution in [-0.4, -0.2) is 37.6 Å². The normalized spacial score (nSPS) is 16.0. The Bertz CT molecular complexity index is 439. The molecule has 0 spiro atoms. The Balaban J connectivity index is 1.56. The Hall–Kier alpha value is -1.26. The van der Waals surface area contributed by atoms with Crippen molar-refractivity contribution in [3.8, 4) is 11.5 Å². The zero-order chi connectivity index (χ0) is 17.2. The molecule has 2 rings (SSSR count). The Labute approximate surface area is 146 Å². The van der Waals surface area contributed by atoms with E-state index in [1.54, 1.807) is 0 Å². The van der Waals surface area contributed by atoms with Gasteiger partial charge in [-0.25, -0.2) is 0 Å². The molecule has 4 nitrogen and oxygen atoms in total. The first-order valence-electron chi connectivity index (χ1n) is 9.25. The first-order chi connectivity index (χ1) is 11.6. The van der Waals surface area contributed by atoms with E-state index in [9.17, 15) is 5.11 Å². The van der Waals surface area contributed by atoms with Crippen LogP contribution in [0.2, 0.25) is 0 Å². The second kappa shape index (κ2) is 10.6. The molecule has 1 aliphatic carbocycles. The van der Waals surface area contributed by atoms with E-state index in [1.807, 2.05) is 24.3 Å². The summed E-state index contributed by atoms with van der Waals surface area (Å²) in [7, 11) is 0. The minimum atomic E-state index is -0.406. The highest BCUT2D eigenvalue weighted by molar-refractivity contribution is 5.31. The van der Waals surface area contributed by atoms with Gasteiger partial charge in [0.05, 0.1) is 12.7 Å². The lowest BCUT2D eigenvalue weighted by molar-refractivity contribution is 0.0515. The molecule has 1 saturated carbocycles. The van der Waals surface area contributed by atoms with Gasteiger partial charge < -0.3 is 19.3 Å². The fraction of sp³-hybridized carbons (Fsp3) is 0.700. The van der Waals surface area contributed by atoms with Gasteiger partial charge >= 0.3 is 0 Å². The average molecular weight is 336 g/mol. The Morgan fingerprint density at radius 3 is 2.25 bits per heavy atom. The summed E-state index contributed by atoms with van der Waals surface area (Å²) in [6.45, 7) is 6.73. The zero-order valence-corrected chi connectivity index (χ0v) is 15.1. The maximum atomic E-state index is 9.88. The van der Waals surface area contributed by atoms with E-state index < -0.39 is 6.10 Å². The summed E-state index contributed by atoms with van der Waals surface area (Å²) < 4.78 is 16.9. The molecule has 1 fully saturated rings. The first-order valence-corrected chi connectivity index (χ1v) is 9.25. The molecule has 0 heterocycles. The van der Waals surface area contributed by atoms with E-state index in [0.29, 0.717) is 25.7 Å². The third-order valence-corrected chi connectivity index (χ3v) is 4.42. The molecule has 0 radical (unpaired) electrons. The largest absolute Gasteiger partial charge is 0.491 e. The van der Waals surface area contributed by atoms with Crippen molar-refractivity contribution in [3.05, 3.63) is 24.3 Å². The molecular weight excluding hydrogens is 304 g/mol. The van der Waals surface area contributed by atoms with Crippen molar-refractivity contribution in [2.75, 3.05) is 26.4 Å². The van der Waals surface area contributed by atoms with E-state index in [2.05, 4.69) is 13.8 Å². The van der Waals surface area contributed by atoms with Crippen molar-refractivity contribution in [2.24, 2.45) is 11.8 Å². The number of aliphatic hydroxyl groups excluding tert-OH is 1. The van der Waals surface area contributed by atoms with E-state index in [1.165, 1.54) is 19.3 Å². The van der Waals surface area contributed by atoms with Crippen LogP contribution in [0.25, 0.3) is 0 Å². The van der Waals surface area contributed by atoms with E-state index in [4.69, 9.17) is 14.2 Å². The van der Waals surface area contributed by atoms with Crippen LogP contribution in [0.5, 0.6) is 11.5 Å². The molecule has 1 aromatic carbocycles. The summed E-state index contributed by atoms with van der Waals surface area (Å²) in [4.78, 5) is 0. The Morgan fingerprint density at radius 1 is 1.00 bits per heavy atom. The fourth-order valence-corrected chi connectivity index (χ4v) is 2.56. The van der Waals surface area contributed by atoms with Crippen molar-refractivity contribution >= 4 is 0 Å². The van der Waals surface area contributed by atoms with Crippen molar-refractivity contribution in [3.63, 3.8) is 0 Å². The Morgan fingerprint density at radius 2 is 1.67 bits per heavy atom. The van der Waals surface area contributed by atoms with Crippen LogP contribution in [-0.2, 0) is 4.74 Å². The molecule has 0 saturated heterocycles. The number of hydrogen-bond donors (Lipinski definition) is 1. The van der Waals surface area contributed by atoms with Crippen LogP contribution >= 0.6 is 0 Å².